The van der Waals surface area contributed by atoms with E-state index in [1.807, 2.05) is 0 Å². The molecule has 0 aromatic heterocycles. The van der Waals surface area contributed by atoms with E-state index in [0.29, 0.717) is 6.07 Å². The minimum Gasteiger partial charge on any atom is -0.329 e. The summed E-state index contributed by atoms with van der Waals surface area (Å²) in [5, 5.41) is 0. The van der Waals surface area contributed by atoms with Gasteiger partial charge >= 0.3 is 6.18 Å². The average molecular weight is 424 g/mol. The second kappa shape index (κ2) is 7.04. The first-order valence-electron chi connectivity index (χ1n) is 6.24. The Balaban J connectivity index is 0.00000242. The first kappa shape index (κ1) is 19.7. The molecular formula is C12H15BrClF3N2O2S. The van der Waals surface area contributed by atoms with Gasteiger partial charge in [-0.05, 0) is 52.9 Å². The molecule has 3 N–H and O–H groups in total. The largest absolute Gasteiger partial charge is 0.416 e. The van der Waals surface area contributed by atoms with Gasteiger partial charge in [-0.1, -0.05) is 0 Å². The lowest BCUT2D eigenvalue weighted by molar-refractivity contribution is -0.137. The van der Waals surface area contributed by atoms with E-state index in [1.54, 1.807) is 0 Å². The lowest BCUT2D eigenvalue weighted by atomic mass is 10.2. The maximum Gasteiger partial charge on any atom is 0.416 e. The van der Waals surface area contributed by atoms with Gasteiger partial charge in [0, 0.05) is 17.1 Å². The van der Waals surface area contributed by atoms with Gasteiger partial charge in [-0.15, -0.1) is 12.4 Å². The van der Waals surface area contributed by atoms with Gasteiger partial charge < -0.3 is 5.73 Å². The smallest absolute Gasteiger partial charge is 0.329 e. The molecule has 0 radical (unpaired) electrons. The van der Waals surface area contributed by atoms with Crippen LogP contribution in [0.25, 0.3) is 0 Å². The second-order valence-electron chi connectivity index (χ2n) is 4.94. The van der Waals surface area contributed by atoms with Crippen LogP contribution in [0.4, 0.5) is 13.2 Å². The van der Waals surface area contributed by atoms with E-state index in [-0.39, 0.29) is 29.3 Å². The Morgan fingerprint density at radius 2 is 1.95 bits per heavy atom. The minimum atomic E-state index is -4.60. The van der Waals surface area contributed by atoms with Crippen molar-refractivity contribution < 1.29 is 21.6 Å². The summed E-state index contributed by atoms with van der Waals surface area (Å²) < 4.78 is 65.1. The molecule has 1 fully saturated rings. The molecule has 1 aromatic carbocycles. The molecule has 1 aromatic rings. The predicted octanol–water partition coefficient (Wildman–Crippen LogP) is 2.91. The maximum atomic E-state index is 12.7. The summed E-state index contributed by atoms with van der Waals surface area (Å²) in [6, 6.07) is 2.07. The van der Waals surface area contributed by atoms with Crippen LogP contribution in [0.3, 0.4) is 0 Å². The van der Waals surface area contributed by atoms with Gasteiger partial charge in [0.25, 0.3) is 0 Å². The molecule has 2 rings (SSSR count). The Bertz CT molecular complexity index is 636. The van der Waals surface area contributed by atoms with Crippen molar-refractivity contribution in [1.29, 1.82) is 0 Å². The number of rotatable bonds is 5. The van der Waals surface area contributed by atoms with E-state index in [1.165, 1.54) is 0 Å². The Kier molecular flexibility index (Phi) is 6.30. The Hall–Kier alpha value is -0.350. The zero-order valence-electron chi connectivity index (χ0n) is 11.2. The maximum absolute atomic E-state index is 12.7. The average Bonchev–Trinajstić information content (AvgIpc) is 3.19. The van der Waals surface area contributed by atoms with E-state index >= 15 is 0 Å². The van der Waals surface area contributed by atoms with Crippen LogP contribution in [-0.4, -0.2) is 21.0 Å². The van der Waals surface area contributed by atoms with Crippen LogP contribution in [0, 0.1) is 5.92 Å². The van der Waals surface area contributed by atoms with Crippen molar-refractivity contribution in [3.8, 4) is 0 Å². The fraction of sp³-hybridized carbons (Fsp3) is 0.500. The molecule has 126 valence electrons. The first-order valence-corrected chi connectivity index (χ1v) is 8.52. The van der Waals surface area contributed by atoms with Crippen LogP contribution in [0.1, 0.15) is 18.4 Å². The highest BCUT2D eigenvalue weighted by Crippen LogP contribution is 2.35. The van der Waals surface area contributed by atoms with E-state index < -0.39 is 32.7 Å². The van der Waals surface area contributed by atoms with Gasteiger partial charge in [0.2, 0.25) is 10.0 Å². The van der Waals surface area contributed by atoms with E-state index in [4.69, 9.17) is 5.73 Å². The molecule has 4 nitrogen and oxygen atoms in total. The van der Waals surface area contributed by atoms with E-state index in [0.717, 1.165) is 25.0 Å². The Morgan fingerprint density at radius 1 is 1.36 bits per heavy atom. The fourth-order valence-electron chi connectivity index (χ4n) is 1.98. The SMILES string of the molecule is Cl.NCC(NS(=O)(=O)c1cc(C(F)(F)F)ccc1Br)C1CC1. The second-order valence-corrected chi connectivity index (χ2v) is 7.48. The quantitative estimate of drug-likeness (QED) is 0.765. The normalized spacial score (nSPS) is 17.0. The van der Waals surface area contributed by atoms with E-state index in [9.17, 15) is 21.6 Å². The summed E-state index contributed by atoms with van der Waals surface area (Å²) in [7, 11) is -4.07. The van der Waals surface area contributed by atoms with Crippen molar-refractivity contribution in [3.05, 3.63) is 28.2 Å². The molecule has 1 aliphatic carbocycles. The summed E-state index contributed by atoms with van der Waals surface area (Å²) in [6.07, 6.45) is -2.86. The molecule has 1 saturated carbocycles. The summed E-state index contributed by atoms with van der Waals surface area (Å²) in [5.41, 5.74) is 4.51. The number of alkyl halides is 3. The number of benzene rings is 1. The third kappa shape index (κ3) is 4.58. The molecule has 22 heavy (non-hydrogen) atoms. The summed E-state index contributed by atoms with van der Waals surface area (Å²) >= 11 is 2.98. The standard InChI is InChI=1S/C12H14BrF3N2O2S.ClH/c13-9-4-3-8(12(14,15)16)5-11(9)21(19,20)18-10(6-17)7-1-2-7;/h3-5,7,10,18H,1-2,6,17H2;1H. The van der Waals surface area contributed by atoms with Crippen molar-refractivity contribution in [3.63, 3.8) is 0 Å². The Labute approximate surface area is 141 Å². The summed E-state index contributed by atoms with van der Waals surface area (Å²) in [4.78, 5) is -0.434. The highest BCUT2D eigenvalue weighted by atomic mass is 79.9. The number of hydrogen-bond donors (Lipinski definition) is 2. The minimum absolute atomic E-state index is 0. The fourth-order valence-corrected chi connectivity index (χ4v) is 4.29. The van der Waals surface area contributed by atoms with Gasteiger partial charge in [0.15, 0.2) is 0 Å². The molecular weight excluding hydrogens is 409 g/mol. The molecule has 1 aliphatic rings. The molecule has 1 atom stereocenters. The van der Waals surface area contributed by atoms with Gasteiger partial charge in [-0.25, -0.2) is 13.1 Å². The van der Waals surface area contributed by atoms with Crippen molar-refractivity contribution in [2.45, 2.75) is 30.0 Å². The van der Waals surface area contributed by atoms with E-state index in [2.05, 4.69) is 20.7 Å². The van der Waals surface area contributed by atoms with Crippen molar-refractivity contribution in [2.75, 3.05) is 6.54 Å². The van der Waals surface area contributed by atoms with Crippen molar-refractivity contribution in [1.82, 2.24) is 4.72 Å². The zero-order valence-corrected chi connectivity index (χ0v) is 14.4. The number of halogens is 5. The van der Waals surface area contributed by atoms with Crippen molar-refractivity contribution in [2.24, 2.45) is 11.7 Å². The summed E-state index contributed by atoms with van der Waals surface area (Å²) in [6.45, 7) is 0.112. The molecule has 0 amide bonds. The van der Waals surface area contributed by atoms with Gasteiger partial charge in [0.05, 0.1) is 10.5 Å². The van der Waals surface area contributed by atoms with Gasteiger partial charge in [-0.2, -0.15) is 13.2 Å². The van der Waals surface area contributed by atoms with Crippen LogP contribution in [0.15, 0.2) is 27.6 Å². The van der Waals surface area contributed by atoms with Crippen LogP contribution >= 0.6 is 28.3 Å². The molecule has 0 spiro atoms. The molecule has 0 heterocycles. The number of nitrogens with one attached hydrogen (secondary N) is 1. The first-order chi connectivity index (χ1) is 9.65. The van der Waals surface area contributed by atoms with Crippen LogP contribution in [0.2, 0.25) is 0 Å². The highest BCUT2D eigenvalue weighted by Gasteiger charge is 2.36. The van der Waals surface area contributed by atoms with Crippen molar-refractivity contribution >= 4 is 38.4 Å². The number of hydrogen-bond acceptors (Lipinski definition) is 3. The van der Waals surface area contributed by atoms with Crippen LogP contribution in [-0.2, 0) is 16.2 Å². The monoisotopic (exact) mass is 422 g/mol. The van der Waals surface area contributed by atoms with Crippen LogP contribution in [0.5, 0.6) is 0 Å². The molecule has 0 bridgehead atoms. The molecule has 0 saturated heterocycles. The Morgan fingerprint density at radius 3 is 2.41 bits per heavy atom. The molecule has 0 aliphatic heterocycles. The summed E-state index contributed by atoms with van der Waals surface area (Å²) in [5.74, 6) is 0.161. The topological polar surface area (TPSA) is 72.2 Å². The lowest BCUT2D eigenvalue weighted by Gasteiger charge is -2.17. The number of nitrogens with two attached hydrogens (primary N) is 1. The van der Waals surface area contributed by atoms with Crippen LogP contribution < -0.4 is 10.5 Å². The molecule has 10 heteroatoms. The third-order valence-electron chi connectivity index (χ3n) is 3.30. The van der Waals surface area contributed by atoms with Gasteiger partial charge in [0.1, 0.15) is 0 Å². The highest BCUT2D eigenvalue weighted by molar-refractivity contribution is 9.10. The number of sulfonamides is 1. The third-order valence-corrected chi connectivity index (χ3v) is 5.78. The molecule has 1 unspecified atom stereocenters. The van der Waals surface area contributed by atoms with Gasteiger partial charge in [-0.3, -0.25) is 0 Å². The zero-order chi connectivity index (χ0) is 15.8. The lowest BCUT2D eigenvalue weighted by Crippen LogP contribution is -2.41. The predicted molar refractivity (Wildman–Crippen MR) is 82.3 cm³/mol.